The average molecular weight is 503 g/mol. The molecule has 7 heteroatoms. The topological polar surface area (TPSA) is 68.8 Å². The molecular weight excluding hydrogens is 465 g/mol. The molecule has 0 spiro atoms. The van der Waals surface area contributed by atoms with Gasteiger partial charge in [-0.15, -0.1) is 24.0 Å². The normalized spacial score (nSPS) is 11.5. The van der Waals surface area contributed by atoms with Gasteiger partial charge in [0.25, 0.3) is 5.91 Å². The highest BCUT2D eigenvalue weighted by Crippen LogP contribution is 2.06. The summed E-state index contributed by atoms with van der Waals surface area (Å²) in [5, 5.41) is 9.37. The van der Waals surface area contributed by atoms with E-state index in [9.17, 15) is 4.79 Å². The fourth-order valence-corrected chi connectivity index (χ4v) is 3.14. The monoisotopic (exact) mass is 503 g/mol. The number of hydrogen-bond acceptors (Lipinski definition) is 3. The molecule has 0 aliphatic rings. The third-order valence-corrected chi connectivity index (χ3v) is 4.56. The maximum atomic E-state index is 11.7. The highest BCUT2D eigenvalue weighted by atomic mass is 127. The number of rotatable bonds is 10. The van der Waals surface area contributed by atoms with Gasteiger partial charge < -0.3 is 16.0 Å². The van der Waals surface area contributed by atoms with E-state index in [1.165, 1.54) is 0 Å². The zero-order valence-electron chi connectivity index (χ0n) is 18.2. The number of aliphatic imine (C=N–C) groups is 1. The van der Waals surface area contributed by atoms with E-state index in [0.29, 0.717) is 17.6 Å². The van der Waals surface area contributed by atoms with Crippen molar-refractivity contribution in [1.29, 1.82) is 0 Å². The first-order chi connectivity index (χ1) is 12.9. The predicted octanol–water partition coefficient (Wildman–Crippen LogP) is 2.88. The Bertz CT molecular complexity index is 596. The van der Waals surface area contributed by atoms with E-state index in [1.54, 1.807) is 14.1 Å². The van der Waals surface area contributed by atoms with Crippen molar-refractivity contribution in [2.45, 2.75) is 52.6 Å². The van der Waals surface area contributed by atoms with Crippen LogP contribution in [0.2, 0.25) is 0 Å². The highest BCUT2D eigenvalue weighted by Gasteiger charge is 2.12. The lowest BCUT2D eigenvalue weighted by atomic mass is 10.1. The molecule has 0 aromatic heterocycles. The Morgan fingerprint density at radius 3 is 2.32 bits per heavy atom. The van der Waals surface area contributed by atoms with Gasteiger partial charge in [-0.2, -0.15) is 0 Å². The van der Waals surface area contributed by atoms with Gasteiger partial charge in [-0.3, -0.25) is 14.7 Å². The van der Waals surface area contributed by atoms with Crippen LogP contribution < -0.4 is 16.0 Å². The van der Waals surface area contributed by atoms with Crippen LogP contribution in [-0.4, -0.2) is 62.6 Å². The summed E-state index contributed by atoms with van der Waals surface area (Å²) in [7, 11) is 3.43. The van der Waals surface area contributed by atoms with Crippen LogP contribution in [-0.2, 0) is 6.42 Å². The fourth-order valence-electron chi connectivity index (χ4n) is 3.14. The number of carbonyl (C=O) groups excluding carboxylic acids is 1. The number of nitrogens with one attached hydrogen (secondary N) is 3. The lowest BCUT2D eigenvalue weighted by Gasteiger charge is -2.30. The van der Waals surface area contributed by atoms with E-state index in [2.05, 4.69) is 53.5 Å². The molecule has 0 saturated carbocycles. The lowest BCUT2D eigenvalue weighted by molar-refractivity contribution is 0.0963. The molecule has 3 N–H and O–H groups in total. The second kappa shape index (κ2) is 14.6. The summed E-state index contributed by atoms with van der Waals surface area (Å²) in [5.41, 5.74) is 1.82. The summed E-state index contributed by atoms with van der Waals surface area (Å²) in [4.78, 5) is 18.5. The molecule has 0 atom stereocenters. The quantitative estimate of drug-likeness (QED) is 0.199. The van der Waals surface area contributed by atoms with Gasteiger partial charge in [0.15, 0.2) is 5.96 Å². The standard InChI is InChI=1S/C21H37N5O.HI/c1-16(2)26(17(3)4)14-8-12-24-21(23-6)25-13-11-18-9-7-10-19(15-18)20(27)22-5;/h7,9-10,15-17H,8,11-14H2,1-6H3,(H,22,27)(H2,23,24,25);1H. The summed E-state index contributed by atoms with van der Waals surface area (Å²) in [6.07, 6.45) is 1.91. The zero-order valence-corrected chi connectivity index (χ0v) is 20.5. The third kappa shape index (κ3) is 9.73. The fraction of sp³-hybridized carbons (Fsp3) is 0.619. The molecule has 1 aromatic rings. The molecule has 0 saturated heterocycles. The number of halogens is 1. The first-order valence-electron chi connectivity index (χ1n) is 9.90. The molecule has 0 aliphatic carbocycles. The molecule has 1 amide bonds. The van der Waals surface area contributed by atoms with E-state index in [1.807, 2.05) is 24.3 Å². The van der Waals surface area contributed by atoms with Crippen molar-refractivity contribution in [2.24, 2.45) is 4.99 Å². The second-order valence-corrected chi connectivity index (χ2v) is 7.23. The molecule has 0 unspecified atom stereocenters. The van der Waals surface area contributed by atoms with Crippen molar-refractivity contribution in [3.8, 4) is 0 Å². The minimum Gasteiger partial charge on any atom is -0.356 e. The molecule has 0 heterocycles. The Morgan fingerprint density at radius 2 is 1.75 bits per heavy atom. The maximum absolute atomic E-state index is 11.7. The molecule has 0 fully saturated rings. The summed E-state index contributed by atoms with van der Waals surface area (Å²) >= 11 is 0. The van der Waals surface area contributed by atoms with Gasteiger partial charge in [-0.1, -0.05) is 12.1 Å². The van der Waals surface area contributed by atoms with Crippen LogP contribution in [0, 0.1) is 0 Å². The van der Waals surface area contributed by atoms with Gasteiger partial charge in [0.05, 0.1) is 0 Å². The van der Waals surface area contributed by atoms with Gasteiger partial charge in [-0.25, -0.2) is 0 Å². The molecule has 0 aliphatic heterocycles. The van der Waals surface area contributed by atoms with Crippen molar-refractivity contribution in [1.82, 2.24) is 20.9 Å². The third-order valence-electron chi connectivity index (χ3n) is 4.56. The average Bonchev–Trinajstić information content (AvgIpc) is 2.65. The summed E-state index contributed by atoms with van der Waals surface area (Å²) < 4.78 is 0. The van der Waals surface area contributed by atoms with Crippen molar-refractivity contribution >= 4 is 35.8 Å². The smallest absolute Gasteiger partial charge is 0.251 e. The Balaban J connectivity index is 0.00000729. The molecule has 0 radical (unpaired) electrons. The van der Waals surface area contributed by atoms with Crippen LogP contribution in [0.15, 0.2) is 29.3 Å². The minimum atomic E-state index is -0.0564. The van der Waals surface area contributed by atoms with Crippen molar-refractivity contribution in [3.63, 3.8) is 0 Å². The Kier molecular flexibility index (Phi) is 13.9. The van der Waals surface area contributed by atoms with Crippen molar-refractivity contribution < 1.29 is 4.79 Å². The van der Waals surface area contributed by atoms with Crippen molar-refractivity contribution in [2.75, 3.05) is 33.7 Å². The van der Waals surface area contributed by atoms with Crippen LogP contribution in [0.3, 0.4) is 0 Å². The predicted molar refractivity (Wildman–Crippen MR) is 130 cm³/mol. The van der Waals surface area contributed by atoms with Gasteiger partial charge in [0.2, 0.25) is 0 Å². The number of benzene rings is 1. The molecule has 1 rings (SSSR count). The van der Waals surface area contributed by atoms with Crippen molar-refractivity contribution in [3.05, 3.63) is 35.4 Å². The van der Waals surface area contributed by atoms with E-state index in [4.69, 9.17) is 0 Å². The van der Waals surface area contributed by atoms with E-state index in [-0.39, 0.29) is 29.9 Å². The van der Waals surface area contributed by atoms with Gasteiger partial charge in [0.1, 0.15) is 0 Å². The van der Waals surface area contributed by atoms with Crippen LogP contribution in [0.25, 0.3) is 0 Å². The molecule has 6 nitrogen and oxygen atoms in total. The largest absolute Gasteiger partial charge is 0.356 e. The Morgan fingerprint density at radius 1 is 1.11 bits per heavy atom. The summed E-state index contributed by atoms with van der Waals surface area (Å²) in [5.74, 6) is 0.761. The summed E-state index contributed by atoms with van der Waals surface area (Å²) in [6, 6.07) is 8.84. The van der Waals surface area contributed by atoms with Crippen LogP contribution in [0.5, 0.6) is 0 Å². The first-order valence-corrected chi connectivity index (χ1v) is 9.90. The van der Waals surface area contributed by atoms with E-state index >= 15 is 0 Å². The number of carbonyl (C=O) groups is 1. The van der Waals surface area contributed by atoms with Crippen LogP contribution in [0.4, 0.5) is 0 Å². The molecule has 28 heavy (non-hydrogen) atoms. The van der Waals surface area contributed by atoms with Gasteiger partial charge in [-0.05, 0) is 58.2 Å². The first kappa shape index (κ1) is 26.6. The maximum Gasteiger partial charge on any atom is 0.251 e. The number of amides is 1. The number of nitrogens with zero attached hydrogens (tertiary/aromatic N) is 2. The number of hydrogen-bond donors (Lipinski definition) is 3. The van der Waals surface area contributed by atoms with Gasteiger partial charge in [0, 0.05) is 51.4 Å². The molecular formula is C21H38IN5O. The Labute approximate surface area is 188 Å². The van der Waals surface area contributed by atoms with Gasteiger partial charge >= 0.3 is 0 Å². The van der Waals surface area contributed by atoms with Crippen LogP contribution in [0.1, 0.15) is 50.0 Å². The van der Waals surface area contributed by atoms with E-state index in [0.717, 1.165) is 44.0 Å². The SMILES string of the molecule is CN=C(NCCCN(C(C)C)C(C)C)NCCc1cccc(C(=O)NC)c1.I. The summed E-state index contributed by atoms with van der Waals surface area (Å²) in [6.45, 7) is 11.7. The Hall–Kier alpha value is -1.35. The minimum absolute atomic E-state index is 0. The zero-order chi connectivity index (χ0) is 20.2. The lowest BCUT2D eigenvalue weighted by Crippen LogP contribution is -2.41. The second-order valence-electron chi connectivity index (χ2n) is 7.23. The number of guanidine groups is 1. The molecule has 0 bridgehead atoms. The van der Waals surface area contributed by atoms with Crippen LogP contribution >= 0.6 is 24.0 Å². The van der Waals surface area contributed by atoms with E-state index < -0.39 is 0 Å². The molecule has 160 valence electrons. The highest BCUT2D eigenvalue weighted by molar-refractivity contribution is 14.0. The molecule has 1 aromatic carbocycles.